The molecule has 1 saturated carbocycles. The minimum absolute atomic E-state index is 0.0927. The van der Waals surface area contributed by atoms with Gasteiger partial charge in [0.2, 0.25) is 0 Å². The van der Waals surface area contributed by atoms with Crippen LogP contribution in [0, 0.1) is 0 Å². The SMILES string of the molecule is COc1ncc(Cl)c(NC2(CCl)CCCC2)n1. The number of hydrogen-bond donors (Lipinski definition) is 1. The fraction of sp³-hybridized carbons (Fsp3) is 0.636. The number of ether oxygens (including phenoxy) is 1. The smallest absolute Gasteiger partial charge is 0.318 e. The van der Waals surface area contributed by atoms with Gasteiger partial charge in [-0.1, -0.05) is 24.4 Å². The number of alkyl halides is 1. The molecule has 17 heavy (non-hydrogen) atoms. The Morgan fingerprint density at radius 3 is 2.76 bits per heavy atom. The first-order valence-corrected chi connectivity index (χ1v) is 6.51. The Kier molecular flexibility index (Phi) is 3.94. The van der Waals surface area contributed by atoms with E-state index in [0.29, 0.717) is 22.7 Å². The first-order valence-electron chi connectivity index (χ1n) is 5.60. The average Bonchev–Trinajstić information content (AvgIpc) is 2.81. The minimum atomic E-state index is -0.0927. The average molecular weight is 276 g/mol. The summed E-state index contributed by atoms with van der Waals surface area (Å²) in [6.45, 7) is 0. The third-order valence-electron chi connectivity index (χ3n) is 3.10. The number of aromatic nitrogens is 2. The van der Waals surface area contributed by atoms with E-state index in [1.54, 1.807) is 0 Å². The molecule has 0 radical (unpaired) electrons. The van der Waals surface area contributed by atoms with E-state index in [0.717, 1.165) is 12.8 Å². The van der Waals surface area contributed by atoms with Crippen LogP contribution < -0.4 is 10.1 Å². The second kappa shape index (κ2) is 5.27. The number of rotatable bonds is 4. The van der Waals surface area contributed by atoms with Crippen molar-refractivity contribution in [3.05, 3.63) is 11.2 Å². The van der Waals surface area contributed by atoms with Crippen molar-refractivity contribution in [3.63, 3.8) is 0 Å². The lowest BCUT2D eigenvalue weighted by Gasteiger charge is -2.28. The number of hydrogen-bond acceptors (Lipinski definition) is 4. The summed E-state index contributed by atoms with van der Waals surface area (Å²) in [5, 5.41) is 3.84. The van der Waals surface area contributed by atoms with Crippen molar-refractivity contribution in [2.75, 3.05) is 18.3 Å². The van der Waals surface area contributed by atoms with Crippen molar-refractivity contribution in [3.8, 4) is 6.01 Å². The molecule has 0 aromatic carbocycles. The van der Waals surface area contributed by atoms with E-state index >= 15 is 0 Å². The molecule has 0 atom stereocenters. The second-order valence-corrected chi connectivity index (χ2v) is 4.97. The lowest BCUT2D eigenvalue weighted by atomic mass is 10.0. The Hall–Kier alpha value is -0.740. The van der Waals surface area contributed by atoms with E-state index in [2.05, 4.69) is 15.3 Å². The molecule has 0 spiro atoms. The third kappa shape index (κ3) is 2.75. The van der Waals surface area contributed by atoms with Gasteiger partial charge >= 0.3 is 6.01 Å². The molecule has 0 unspecified atom stereocenters. The first kappa shape index (κ1) is 12.7. The molecule has 1 fully saturated rings. The van der Waals surface area contributed by atoms with E-state index < -0.39 is 0 Å². The van der Waals surface area contributed by atoms with Crippen LogP contribution in [0.3, 0.4) is 0 Å². The van der Waals surface area contributed by atoms with Crippen LogP contribution in [-0.2, 0) is 0 Å². The zero-order valence-electron chi connectivity index (χ0n) is 9.67. The fourth-order valence-corrected chi connectivity index (χ4v) is 2.60. The summed E-state index contributed by atoms with van der Waals surface area (Å²) >= 11 is 12.1. The number of anilines is 1. The maximum atomic E-state index is 6.06. The molecule has 1 aliphatic rings. The van der Waals surface area contributed by atoms with E-state index in [-0.39, 0.29) is 5.54 Å². The molecular weight excluding hydrogens is 261 g/mol. The number of nitrogens with zero attached hydrogens (tertiary/aromatic N) is 2. The maximum Gasteiger partial charge on any atom is 0.318 e. The highest BCUT2D eigenvalue weighted by molar-refractivity contribution is 6.32. The van der Waals surface area contributed by atoms with Gasteiger partial charge in [-0.25, -0.2) is 4.98 Å². The van der Waals surface area contributed by atoms with E-state index in [4.69, 9.17) is 27.9 Å². The molecule has 0 saturated heterocycles. The second-order valence-electron chi connectivity index (χ2n) is 4.30. The van der Waals surface area contributed by atoms with E-state index in [9.17, 15) is 0 Å². The van der Waals surface area contributed by atoms with Crippen LogP contribution >= 0.6 is 23.2 Å². The van der Waals surface area contributed by atoms with Crippen LogP contribution in [-0.4, -0.2) is 28.5 Å². The van der Waals surface area contributed by atoms with Gasteiger partial charge in [0, 0.05) is 5.88 Å². The van der Waals surface area contributed by atoms with Gasteiger partial charge in [0.15, 0.2) is 5.82 Å². The molecule has 1 heterocycles. The molecule has 6 heteroatoms. The monoisotopic (exact) mass is 275 g/mol. The molecule has 4 nitrogen and oxygen atoms in total. The highest BCUT2D eigenvalue weighted by atomic mass is 35.5. The zero-order valence-corrected chi connectivity index (χ0v) is 11.2. The van der Waals surface area contributed by atoms with Crippen LogP contribution in [0.4, 0.5) is 5.82 Å². The number of methoxy groups -OCH3 is 1. The summed E-state index contributed by atoms with van der Waals surface area (Å²) in [7, 11) is 1.53. The zero-order chi connectivity index (χ0) is 12.3. The summed E-state index contributed by atoms with van der Waals surface area (Å²) in [6, 6.07) is 0.305. The van der Waals surface area contributed by atoms with Crippen molar-refractivity contribution in [1.82, 2.24) is 9.97 Å². The van der Waals surface area contributed by atoms with Crippen LogP contribution in [0.2, 0.25) is 5.02 Å². The molecule has 1 aromatic heterocycles. The van der Waals surface area contributed by atoms with Crippen LogP contribution in [0.15, 0.2) is 6.20 Å². The Balaban J connectivity index is 2.22. The first-order chi connectivity index (χ1) is 8.19. The Labute approximate surface area is 111 Å². The normalized spacial score (nSPS) is 18.1. The van der Waals surface area contributed by atoms with E-state index in [1.165, 1.54) is 26.1 Å². The van der Waals surface area contributed by atoms with Gasteiger partial charge in [0.1, 0.15) is 5.02 Å². The number of halogens is 2. The lowest BCUT2D eigenvalue weighted by molar-refractivity contribution is 0.379. The molecule has 0 amide bonds. The number of nitrogens with one attached hydrogen (secondary N) is 1. The summed E-state index contributed by atoms with van der Waals surface area (Å²) in [5.74, 6) is 1.15. The topological polar surface area (TPSA) is 47.0 Å². The van der Waals surface area contributed by atoms with Gasteiger partial charge < -0.3 is 10.1 Å². The molecular formula is C11H15Cl2N3O. The van der Waals surface area contributed by atoms with Gasteiger partial charge in [-0.3, -0.25) is 0 Å². The quantitative estimate of drug-likeness (QED) is 0.858. The Morgan fingerprint density at radius 2 is 2.18 bits per heavy atom. The van der Waals surface area contributed by atoms with Crippen LogP contribution in [0.1, 0.15) is 25.7 Å². The van der Waals surface area contributed by atoms with Gasteiger partial charge in [-0.05, 0) is 12.8 Å². The summed E-state index contributed by atoms with van der Waals surface area (Å²) in [6.07, 6.45) is 5.98. The maximum absolute atomic E-state index is 6.06. The van der Waals surface area contributed by atoms with Gasteiger partial charge in [0.05, 0.1) is 18.8 Å². The Morgan fingerprint density at radius 1 is 1.47 bits per heavy atom. The van der Waals surface area contributed by atoms with Crippen molar-refractivity contribution in [1.29, 1.82) is 0 Å². The lowest BCUT2D eigenvalue weighted by Crippen LogP contribution is -2.37. The molecule has 2 rings (SSSR count). The van der Waals surface area contributed by atoms with Crippen molar-refractivity contribution in [2.45, 2.75) is 31.2 Å². The standard InChI is InChI=1S/C11H15Cl2N3O/c1-17-10-14-6-8(13)9(15-10)16-11(7-12)4-2-3-5-11/h6H,2-5,7H2,1H3,(H,14,15,16). The summed E-state index contributed by atoms with van der Waals surface area (Å²) < 4.78 is 4.99. The Bertz CT molecular complexity index is 394. The predicted octanol–water partition coefficient (Wildman–Crippen LogP) is 3.10. The molecule has 1 aliphatic carbocycles. The fourth-order valence-electron chi connectivity index (χ4n) is 2.13. The molecule has 94 valence electrons. The highest BCUT2D eigenvalue weighted by Crippen LogP contribution is 2.35. The largest absolute Gasteiger partial charge is 0.467 e. The molecule has 1 aromatic rings. The predicted molar refractivity (Wildman–Crippen MR) is 69.1 cm³/mol. The molecule has 0 bridgehead atoms. The van der Waals surface area contributed by atoms with Gasteiger partial charge in [0.25, 0.3) is 0 Å². The van der Waals surface area contributed by atoms with Gasteiger partial charge in [-0.2, -0.15) is 4.98 Å². The van der Waals surface area contributed by atoms with Crippen LogP contribution in [0.5, 0.6) is 6.01 Å². The van der Waals surface area contributed by atoms with Crippen molar-refractivity contribution >= 4 is 29.0 Å². The highest BCUT2D eigenvalue weighted by Gasteiger charge is 2.33. The minimum Gasteiger partial charge on any atom is -0.467 e. The molecule has 1 N–H and O–H groups in total. The van der Waals surface area contributed by atoms with Gasteiger partial charge in [-0.15, -0.1) is 11.6 Å². The van der Waals surface area contributed by atoms with Crippen LogP contribution in [0.25, 0.3) is 0 Å². The van der Waals surface area contributed by atoms with Crippen molar-refractivity contribution < 1.29 is 4.74 Å². The summed E-state index contributed by atoms with van der Waals surface area (Å²) in [5.41, 5.74) is -0.0927. The van der Waals surface area contributed by atoms with Crippen molar-refractivity contribution in [2.24, 2.45) is 0 Å². The van der Waals surface area contributed by atoms with E-state index in [1.807, 2.05) is 0 Å². The summed E-state index contributed by atoms with van der Waals surface area (Å²) in [4.78, 5) is 8.15. The third-order valence-corrected chi connectivity index (χ3v) is 3.89. The molecule has 0 aliphatic heterocycles.